The average molecular weight is 570 g/mol. The highest BCUT2D eigenvalue weighted by Gasteiger charge is 2.23. The molecule has 7 nitrogen and oxygen atoms in total. The second-order valence-corrected chi connectivity index (χ2v) is 12.2. The van der Waals surface area contributed by atoms with Crippen LogP contribution in [-0.4, -0.2) is 41.9 Å². The number of rotatable bonds is 11. The number of sulfonamides is 1. The van der Waals surface area contributed by atoms with Crippen LogP contribution in [0.15, 0.2) is 62.2 Å². The van der Waals surface area contributed by atoms with Gasteiger partial charge in [0.2, 0.25) is 15.2 Å². The van der Waals surface area contributed by atoms with Gasteiger partial charge in [0.1, 0.15) is 0 Å². The summed E-state index contributed by atoms with van der Waals surface area (Å²) in [7, 11) is -3.58. The Labute approximate surface area is 211 Å². The number of halogens is 1. The number of carbonyl (C=O) groups excluding carboxylic acids is 1. The number of hydrogen-bond donors (Lipinski definition) is 1. The van der Waals surface area contributed by atoms with Crippen LogP contribution in [0.1, 0.15) is 42.6 Å². The minimum Gasteiger partial charge on any atom is -0.296 e. The van der Waals surface area contributed by atoms with Gasteiger partial charge in [0.15, 0.2) is 4.34 Å². The van der Waals surface area contributed by atoms with Crippen LogP contribution in [0.2, 0.25) is 0 Å². The second-order valence-electron chi connectivity index (χ2n) is 7.17. The summed E-state index contributed by atoms with van der Waals surface area (Å²) in [5.74, 6) is 0.386. The summed E-state index contributed by atoms with van der Waals surface area (Å²) in [6.07, 6.45) is 1.48. The first-order chi connectivity index (χ1) is 15.8. The second kappa shape index (κ2) is 12.1. The Hall–Kier alpha value is -1.79. The lowest BCUT2D eigenvalue weighted by molar-refractivity contribution is 0.102. The number of carbonyl (C=O) groups is 1. The van der Waals surface area contributed by atoms with Gasteiger partial charge in [-0.15, -0.1) is 10.2 Å². The smallest absolute Gasteiger partial charge is 0.257 e. The van der Waals surface area contributed by atoms with Crippen LogP contribution in [0.3, 0.4) is 0 Å². The summed E-state index contributed by atoms with van der Waals surface area (Å²) in [6, 6.07) is 14.0. The van der Waals surface area contributed by atoms with Gasteiger partial charge in [-0.05, 0) is 54.8 Å². The number of anilines is 1. The zero-order chi connectivity index (χ0) is 23.8. The van der Waals surface area contributed by atoms with Gasteiger partial charge in [0.05, 0.1) is 4.90 Å². The van der Waals surface area contributed by atoms with Gasteiger partial charge in [-0.25, -0.2) is 8.42 Å². The summed E-state index contributed by atoms with van der Waals surface area (Å²) in [6.45, 7) is 4.84. The van der Waals surface area contributed by atoms with Gasteiger partial charge in [-0.3, -0.25) is 10.1 Å². The molecule has 1 heterocycles. The minimum atomic E-state index is -3.58. The third-order valence-electron chi connectivity index (χ3n) is 4.60. The van der Waals surface area contributed by atoms with E-state index in [2.05, 4.69) is 31.4 Å². The third-order valence-corrected chi connectivity index (χ3v) is 9.09. The Morgan fingerprint density at radius 2 is 1.67 bits per heavy atom. The molecule has 1 amide bonds. The summed E-state index contributed by atoms with van der Waals surface area (Å²) in [5, 5.41) is 11.3. The normalized spacial score (nSPS) is 11.6. The molecular weight excluding hydrogens is 544 g/mol. The molecule has 0 atom stereocenters. The predicted molar refractivity (Wildman–Crippen MR) is 137 cm³/mol. The van der Waals surface area contributed by atoms with Gasteiger partial charge in [0.25, 0.3) is 5.91 Å². The van der Waals surface area contributed by atoms with E-state index in [0.29, 0.717) is 23.8 Å². The lowest BCUT2D eigenvalue weighted by atomic mass is 10.2. The molecule has 2 aromatic carbocycles. The van der Waals surface area contributed by atoms with E-state index in [1.807, 2.05) is 38.1 Å². The van der Waals surface area contributed by atoms with E-state index in [1.54, 1.807) is 11.8 Å². The molecule has 3 aromatic rings. The zero-order valence-corrected chi connectivity index (χ0v) is 22.4. The molecule has 1 aromatic heterocycles. The Balaban J connectivity index is 1.61. The topological polar surface area (TPSA) is 92.3 Å². The summed E-state index contributed by atoms with van der Waals surface area (Å²) < 4.78 is 29.0. The number of hydrogen-bond acceptors (Lipinski definition) is 7. The molecule has 0 saturated carbocycles. The van der Waals surface area contributed by atoms with Gasteiger partial charge in [-0.2, -0.15) is 4.31 Å². The van der Waals surface area contributed by atoms with Crippen molar-refractivity contribution < 1.29 is 13.2 Å². The fourth-order valence-corrected chi connectivity index (χ4v) is 6.58. The minimum absolute atomic E-state index is 0.184. The highest BCUT2D eigenvalue weighted by Crippen LogP contribution is 2.29. The molecule has 11 heteroatoms. The van der Waals surface area contributed by atoms with E-state index in [1.165, 1.54) is 39.9 Å². The van der Waals surface area contributed by atoms with Crippen molar-refractivity contribution >= 4 is 60.1 Å². The lowest BCUT2D eigenvalue weighted by Gasteiger charge is -2.21. The number of benzene rings is 2. The zero-order valence-electron chi connectivity index (χ0n) is 18.3. The van der Waals surface area contributed by atoms with E-state index in [4.69, 9.17) is 0 Å². The Bertz CT molecular complexity index is 1160. The molecule has 0 bridgehead atoms. The molecular formula is C22H25BrN4O3S3. The molecule has 1 N–H and O–H groups in total. The summed E-state index contributed by atoms with van der Waals surface area (Å²) in [4.78, 5) is 12.8. The van der Waals surface area contributed by atoms with Crippen LogP contribution in [-0.2, 0) is 15.8 Å². The Morgan fingerprint density at radius 3 is 2.27 bits per heavy atom. The van der Waals surface area contributed by atoms with E-state index in [9.17, 15) is 13.2 Å². The highest BCUT2D eigenvalue weighted by atomic mass is 79.9. The summed E-state index contributed by atoms with van der Waals surface area (Å²) >= 11 is 6.26. The predicted octanol–water partition coefficient (Wildman–Crippen LogP) is 5.66. The SMILES string of the molecule is CCCN(CCC)S(=O)(=O)c1ccc(C(=O)Nc2nnc(SCc3ccc(Br)cc3)s2)cc1. The molecule has 0 fully saturated rings. The molecule has 0 aliphatic rings. The molecule has 33 heavy (non-hydrogen) atoms. The van der Waals surface area contributed by atoms with Gasteiger partial charge < -0.3 is 0 Å². The first kappa shape index (κ1) is 25.8. The maximum absolute atomic E-state index is 12.9. The highest BCUT2D eigenvalue weighted by molar-refractivity contribution is 9.10. The number of thioether (sulfide) groups is 1. The van der Waals surface area contributed by atoms with E-state index in [-0.39, 0.29) is 10.8 Å². The molecule has 0 aliphatic heterocycles. The molecule has 0 spiro atoms. The van der Waals surface area contributed by atoms with Crippen molar-refractivity contribution in [1.82, 2.24) is 14.5 Å². The maximum atomic E-state index is 12.9. The molecule has 3 rings (SSSR count). The van der Waals surface area contributed by atoms with Crippen molar-refractivity contribution in [3.63, 3.8) is 0 Å². The van der Waals surface area contributed by atoms with Crippen molar-refractivity contribution in [2.45, 2.75) is 41.7 Å². The van der Waals surface area contributed by atoms with Crippen molar-refractivity contribution in [2.75, 3.05) is 18.4 Å². The number of nitrogens with zero attached hydrogens (tertiary/aromatic N) is 3. The maximum Gasteiger partial charge on any atom is 0.257 e. The molecule has 0 saturated heterocycles. The van der Waals surface area contributed by atoms with Gasteiger partial charge >= 0.3 is 0 Å². The fraction of sp³-hybridized carbons (Fsp3) is 0.318. The van der Waals surface area contributed by atoms with Crippen LogP contribution in [0.5, 0.6) is 0 Å². The molecule has 176 valence electrons. The lowest BCUT2D eigenvalue weighted by Crippen LogP contribution is -2.32. The molecule has 0 aliphatic carbocycles. The van der Waals surface area contributed by atoms with Crippen molar-refractivity contribution in [2.24, 2.45) is 0 Å². The van der Waals surface area contributed by atoms with Gasteiger partial charge in [-0.1, -0.05) is 65.0 Å². The number of aromatic nitrogens is 2. The van der Waals surface area contributed by atoms with Crippen LogP contribution < -0.4 is 5.32 Å². The van der Waals surface area contributed by atoms with E-state index in [0.717, 1.165) is 33.0 Å². The number of nitrogens with one attached hydrogen (secondary N) is 1. The number of amides is 1. The molecule has 0 radical (unpaired) electrons. The monoisotopic (exact) mass is 568 g/mol. The van der Waals surface area contributed by atoms with Crippen LogP contribution in [0, 0.1) is 0 Å². The van der Waals surface area contributed by atoms with Crippen LogP contribution in [0.25, 0.3) is 0 Å². The fourth-order valence-electron chi connectivity index (χ4n) is 2.99. The Kier molecular flexibility index (Phi) is 9.45. The standard InChI is InChI=1S/C22H25BrN4O3S3/c1-3-13-27(14-4-2)33(29,30)19-11-7-17(8-12-19)20(28)24-21-25-26-22(32-21)31-15-16-5-9-18(23)10-6-16/h5-12H,3-4,13-15H2,1-2H3,(H,24,25,28). The summed E-state index contributed by atoms with van der Waals surface area (Å²) in [5.41, 5.74) is 1.52. The van der Waals surface area contributed by atoms with Crippen LogP contribution >= 0.6 is 39.0 Å². The quantitative estimate of drug-likeness (QED) is 0.237. The first-order valence-electron chi connectivity index (χ1n) is 10.5. The first-order valence-corrected chi connectivity index (χ1v) is 14.5. The Morgan fingerprint density at radius 1 is 1.03 bits per heavy atom. The molecule has 0 unspecified atom stereocenters. The van der Waals surface area contributed by atoms with Gasteiger partial charge in [0, 0.05) is 28.9 Å². The van der Waals surface area contributed by atoms with Crippen molar-refractivity contribution in [3.05, 3.63) is 64.1 Å². The third kappa shape index (κ3) is 7.10. The van der Waals surface area contributed by atoms with Crippen molar-refractivity contribution in [1.29, 1.82) is 0 Å². The van der Waals surface area contributed by atoms with Crippen LogP contribution in [0.4, 0.5) is 5.13 Å². The van der Waals surface area contributed by atoms with Crippen molar-refractivity contribution in [3.8, 4) is 0 Å². The largest absolute Gasteiger partial charge is 0.296 e. The van der Waals surface area contributed by atoms with E-state index >= 15 is 0 Å². The average Bonchev–Trinajstić information content (AvgIpc) is 3.26. The van der Waals surface area contributed by atoms with E-state index < -0.39 is 10.0 Å².